The Hall–Kier alpha value is -1.32. The first-order chi connectivity index (χ1) is 10.6. The van der Waals surface area contributed by atoms with E-state index in [0.717, 1.165) is 35.8 Å². The summed E-state index contributed by atoms with van der Waals surface area (Å²) in [6, 6.07) is 7.77. The van der Waals surface area contributed by atoms with Crippen molar-refractivity contribution in [2.45, 2.75) is 32.6 Å². The molecule has 0 aliphatic heterocycles. The molecule has 1 aromatic carbocycles. The van der Waals surface area contributed by atoms with Crippen LogP contribution in [-0.2, 0) is 19.3 Å². The van der Waals surface area contributed by atoms with Gasteiger partial charge in [0.2, 0.25) is 0 Å². The maximum absolute atomic E-state index is 12.4. The normalized spacial score (nSPS) is 17.1. The fourth-order valence-corrected chi connectivity index (χ4v) is 4.30. The first kappa shape index (κ1) is 15.6. The van der Waals surface area contributed by atoms with Crippen LogP contribution in [0.2, 0.25) is 5.02 Å². The van der Waals surface area contributed by atoms with Gasteiger partial charge in [0, 0.05) is 21.8 Å². The summed E-state index contributed by atoms with van der Waals surface area (Å²) in [7, 11) is 0. The van der Waals surface area contributed by atoms with Crippen LogP contribution in [0.4, 0.5) is 0 Å². The van der Waals surface area contributed by atoms with Gasteiger partial charge in [0.15, 0.2) is 0 Å². The van der Waals surface area contributed by atoms with Crippen molar-refractivity contribution in [2.24, 2.45) is 5.92 Å². The molecule has 4 heteroatoms. The summed E-state index contributed by atoms with van der Waals surface area (Å²) in [5.74, 6) is 0.813. The summed E-state index contributed by atoms with van der Waals surface area (Å²) in [5, 5.41) is 5.81. The zero-order valence-electron chi connectivity index (χ0n) is 12.7. The topological polar surface area (TPSA) is 29.1 Å². The van der Waals surface area contributed by atoms with E-state index >= 15 is 0 Å². The third-order valence-electron chi connectivity index (χ3n) is 4.26. The number of nitrogens with one attached hydrogen (secondary N) is 1. The highest BCUT2D eigenvalue weighted by Crippen LogP contribution is 2.32. The van der Waals surface area contributed by atoms with Crippen molar-refractivity contribution in [1.29, 1.82) is 0 Å². The lowest BCUT2D eigenvalue weighted by Crippen LogP contribution is -2.26. The molecule has 116 valence electrons. The van der Waals surface area contributed by atoms with E-state index in [-0.39, 0.29) is 5.91 Å². The van der Waals surface area contributed by atoms with Gasteiger partial charge >= 0.3 is 0 Å². The van der Waals surface area contributed by atoms with Gasteiger partial charge in [0.05, 0.1) is 5.56 Å². The number of rotatable bonds is 4. The average molecular weight is 334 g/mol. The summed E-state index contributed by atoms with van der Waals surface area (Å²) >= 11 is 7.61. The van der Waals surface area contributed by atoms with Crippen LogP contribution in [0.3, 0.4) is 0 Å². The lowest BCUT2D eigenvalue weighted by Gasteiger charge is -2.18. The van der Waals surface area contributed by atoms with Crippen molar-refractivity contribution in [3.05, 3.63) is 56.2 Å². The summed E-state index contributed by atoms with van der Waals surface area (Å²) < 4.78 is 0. The molecule has 0 fully saturated rings. The predicted octanol–water partition coefficient (Wildman–Crippen LogP) is 4.50. The molecule has 0 saturated heterocycles. The SMILES string of the molecule is CC1CCc2c(C(=O)NCCc3ccc(Cl)cc3)csc2C1. The van der Waals surface area contributed by atoms with E-state index in [9.17, 15) is 4.79 Å². The second kappa shape index (κ2) is 6.84. The molecule has 3 rings (SSSR count). The van der Waals surface area contributed by atoms with Gasteiger partial charge in [-0.15, -0.1) is 11.3 Å². The fraction of sp³-hybridized carbons (Fsp3) is 0.389. The molecule has 1 aromatic heterocycles. The maximum atomic E-state index is 12.4. The fourth-order valence-electron chi connectivity index (χ4n) is 2.93. The Balaban J connectivity index is 1.57. The molecule has 0 saturated carbocycles. The van der Waals surface area contributed by atoms with Crippen LogP contribution in [0.1, 0.15) is 39.7 Å². The number of carbonyl (C=O) groups excluding carboxylic acids is 1. The van der Waals surface area contributed by atoms with E-state index in [1.807, 2.05) is 29.6 Å². The number of hydrogen-bond acceptors (Lipinski definition) is 2. The summed E-state index contributed by atoms with van der Waals surface area (Å²) in [5.41, 5.74) is 3.36. The molecule has 1 atom stereocenters. The summed E-state index contributed by atoms with van der Waals surface area (Å²) in [6.45, 7) is 2.94. The minimum atomic E-state index is 0.0704. The van der Waals surface area contributed by atoms with Gasteiger partial charge < -0.3 is 5.32 Å². The third-order valence-corrected chi connectivity index (χ3v) is 5.56. The van der Waals surface area contributed by atoms with E-state index in [1.165, 1.54) is 22.4 Å². The van der Waals surface area contributed by atoms with Crippen LogP contribution < -0.4 is 5.32 Å². The second-order valence-corrected chi connectivity index (χ2v) is 7.43. The van der Waals surface area contributed by atoms with Gasteiger partial charge in [-0.2, -0.15) is 0 Å². The highest BCUT2D eigenvalue weighted by Gasteiger charge is 2.22. The highest BCUT2D eigenvalue weighted by atomic mass is 35.5. The van der Waals surface area contributed by atoms with Crippen molar-refractivity contribution in [1.82, 2.24) is 5.32 Å². The lowest BCUT2D eigenvalue weighted by molar-refractivity contribution is 0.0953. The molecule has 1 N–H and O–H groups in total. The molecule has 2 nitrogen and oxygen atoms in total. The quantitative estimate of drug-likeness (QED) is 0.877. The predicted molar refractivity (Wildman–Crippen MR) is 93.0 cm³/mol. The second-order valence-electron chi connectivity index (χ2n) is 6.03. The first-order valence-electron chi connectivity index (χ1n) is 7.75. The Morgan fingerprint density at radius 3 is 2.91 bits per heavy atom. The molecular weight excluding hydrogens is 314 g/mol. The molecule has 1 unspecified atom stereocenters. The monoisotopic (exact) mass is 333 g/mol. The van der Waals surface area contributed by atoms with Crippen molar-refractivity contribution in [3.63, 3.8) is 0 Å². The summed E-state index contributed by atoms with van der Waals surface area (Å²) in [4.78, 5) is 13.8. The molecule has 0 radical (unpaired) electrons. The molecule has 1 aliphatic rings. The first-order valence-corrected chi connectivity index (χ1v) is 9.01. The summed E-state index contributed by atoms with van der Waals surface area (Å²) in [6.07, 6.45) is 4.18. The number of carbonyl (C=O) groups is 1. The van der Waals surface area contributed by atoms with Crippen LogP contribution in [0.25, 0.3) is 0 Å². The van der Waals surface area contributed by atoms with Gasteiger partial charge in [-0.25, -0.2) is 0 Å². The minimum absolute atomic E-state index is 0.0704. The van der Waals surface area contributed by atoms with Crippen LogP contribution in [0, 0.1) is 5.92 Å². The zero-order valence-corrected chi connectivity index (χ0v) is 14.3. The number of hydrogen-bond donors (Lipinski definition) is 1. The Morgan fingerprint density at radius 2 is 2.14 bits per heavy atom. The Bertz CT molecular complexity index is 662. The molecule has 0 spiro atoms. The van der Waals surface area contributed by atoms with Crippen molar-refractivity contribution in [3.8, 4) is 0 Å². The van der Waals surface area contributed by atoms with Gasteiger partial charge in [-0.05, 0) is 54.9 Å². The minimum Gasteiger partial charge on any atom is -0.352 e. The molecule has 2 aromatic rings. The Labute approximate surface area is 140 Å². The van der Waals surface area contributed by atoms with E-state index in [1.54, 1.807) is 11.3 Å². The van der Waals surface area contributed by atoms with E-state index in [2.05, 4.69) is 12.2 Å². The molecule has 1 heterocycles. The zero-order chi connectivity index (χ0) is 15.5. The van der Waals surface area contributed by atoms with Crippen LogP contribution >= 0.6 is 22.9 Å². The maximum Gasteiger partial charge on any atom is 0.252 e. The number of amides is 1. The molecule has 1 amide bonds. The lowest BCUT2D eigenvalue weighted by atomic mass is 9.88. The number of benzene rings is 1. The third kappa shape index (κ3) is 3.53. The van der Waals surface area contributed by atoms with Crippen molar-refractivity contribution >= 4 is 28.8 Å². The van der Waals surface area contributed by atoms with E-state index in [4.69, 9.17) is 11.6 Å². The van der Waals surface area contributed by atoms with Crippen molar-refractivity contribution < 1.29 is 4.79 Å². The molecule has 1 aliphatic carbocycles. The van der Waals surface area contributed by atoms with E-state index < -0.39 is 0 Å². The van der Waals surface area contributed by atoms with Gasteiger partial charge in [-0.1, -0.05) is 30.7 Å². The average Bonchev–Trinajstić information content (AvgIpc) is 2.92. The Kier molecular flexibility index (Phi) is 4.84. The van der Waals surface area contributed by atoms with E-state index in [0.29, 0.717) is 6.54 Å². The highest BCUT2D eigenvalue weighted by molar-refractivity contribution is 7.10. The largest absolute Gasteiger partial charge is 0.352 e. The van der Waals surface area contributed by atoms with Crippen molar-refractivity contribution in [2.75, 3.05) is 6.54 Å². The number of thiophene rings is 1. The van der Waals surface area contributed by atoms with Crippen LogP contribution in [0.5, 0.6) is 0 Å². The number of halogens is 1. The van der Waals surface area contributed by atoms with Gasteiger partial charge in [0.25, 0.3) is 5.91 Å². The molecular formula is C18H20ClNOS. The van der Waals surface area contributed by atoms with Gasteiger partial charge in [-0.3, -0.25) is 4.79 Å². The van der Waals surface area contributed by atoms with Crippen LogP contribution in [0.15, 0.2) is 29.6 Å². The molecule has 0 bridgehead atoms. The van der Waals surface area contributed by atoms with Crippen LogP contribution in [-0.4, -0.2) is 12.5 Å². The Morgan fingerprint density at radius 1 is 1.36 bits per heavy atom. The standard InChI is InChI=1S/C18H20ClNOS/c1-12-2-7-15-16(11-22-17(15)10-12)18(21)20-9-8-13-3-5-14(19)6-4-13/h3-6,11-12H,2,7-10H2,1H3,(H,20,21). The molecule has 22 heavy (non-hydrogen) atoms. The number of fused-ring (bicyclic) bond motifs is 1. The van der Waals surface area contributed by atoms with Gasteiger partial charge in [0.1, 0.15) is 0 Å². The smallest absolute Gasteiger partial charge is 0.252 e.